The van der Waals surface area contributed by atoms with Gasteiger partial charge in [-0.05, 0) is 60.7 Å². The van der Waals surface area contributed by atoms with Crippen LogP contribution < -0.4 is 5.73 Å². The predicted molar refractivity (Wildman–Crippen MR) is 133 cm³/mol. The molecule has 1 unspecified atom stereocenters. The molecule has 1 aliphatic heterocycles. The third kappa shape index (κ3) is 4.88. The van der Waals surface area contributed by atoms with Crippen molar-refractivity contribution in [2.45, 2.75) is 51.1 Å². The first-order chi connectivity index (χ1) is 17.6. The highest BCUT2D eigenvalue weighted by molar-refractivity contribution is 7.20. The third-order valence-electron chi connectivity index (χ3n) is 7.88. The molecule has 2 aromatic heterocycles. The van der Waals surface area contributed by atoms with E-state index in [1.165, 1.54) is 18.3 Å². The van der Waals surface area contributed by atoms with Crippen LogP contribution in [0.4, 0.5) is 18.0 Å². The summed E-state index contributed by atoms with van der Waals surface area (Å²) < 4.78 is 41.1. The summed E-state index contributed by atoms with van der Waals surface area (Å²) in [7, 11) is 0. The van der Waals surface area contributed by atoms with E-state index >= 15 is 0 Å². The topological polar surface area (TPSA) is 98.3 Å². The standard InChI is InChI=1S/C26H27F3N4O3S/c27-26(28,29)17-6-5-16-14-21(37-20(16)15-17)22(34)18-4-2-1-3-8-25(18)9-12-32(13-10-25)24(36)33-11-7-19(31-33)23(30)35/h5-7,11,14-15,18H,1-4,8-10,12-13H2,(H2,30,35). The Morgan fingerprint density at radius 2 is 1.78 bits per heavy atom. The number of ketones is 1. The number of halogens is 3. The quantitative estimate of drug-likeness (QED) is 0.436. The number of aromatic nitrogens is 2. The van der Waals surface area contributed by atoms with Gasteiger partial charge in [-0.25, -0.2) is 4.79 Å². The lowest BCUT2D eigenvalue weighted by Crippen LogP contribution is -2.48. The first kappa shape index (κ1) is 25.4. The summed E-state index contributed by atoms with van der Waals surface area (Å²) in [6.45, 7) is 0.908. The molecule has 3 aromatic rings. The molecule has 7 nitrogen and oxygen atoms in total. The van der Waals surface area contributed by atoms with Crippen molar-refractivity contribution < 1.29 is 27.6 Å². The Balaban J connectivity index is 1.36. The lowest BCUT2D eigenvalue weighted by atomic mass is 9.64. The number of benzene rings is 1. The molecule has 2 amide bonds. The van der Waals surface area contributed by atoms with Crippen LogP contribution in [0, 0.1) is 11.3 Å². The van der Waals surface area contributed by atoms with Crippen molar-refractivity contribution in [1.82, 2.24) is 14.7 Å². The van der Waals surface area contributed by atoms with E-state index in [0.717, 1.165) is 60.3 Å². The number of hydrogen-bond acceptors (Lipinski definition) is 5. The maximum Gasteiger partial charge on any atom is 0.416 e. The summed E-state index contributed by atoms with van der Waals surface area (Å²) >= 11 is 1.13. The number of carbonyl (C=O) groups is 3. The number of rotatable bonds is 3. The number of Topliss-reactive ketones (excluding diaryl/α,β-unsaturated/α-hetero) is 1. The summed E-state index contributed by atoms with van der Waals surface area (Å²) in [6.07, 6.45) is 2.85. The van der Waals surface area contributed by atoms with Crippen molar-refractivity contribution in [3.63, 3.8) is 0 Å². The fourth-order valence-corrected chi connectivity index (χ4v) is 6.94. The highest BCUT2D eigenvalue weighted by Crippen LogP contribution is 2.49. The molecule has 196 valence electrons. The van der Waals surface area contributed by atoms with Crippen LogP contribution in [0.3, 0.4) is 0 Å². The highest BCUT2D eigenvalue weighted by atomic mass is 32.1. The molecule has 1 saturated heterocycles. The maximum absolute atomic E-state index is 13.8. The van der Waals surface area contributed by atoms with Gasteiger partial charge in [0.15, 0.2) is 11.5 Å². The largest absolute Gasteiger partial charge is 0.416 e. The molecule has 1 spiro atoms. The highest BCUT2D eigenvalue weighted by Gasteiger charge is 2.46. The van der Waals surface area contributed by atoms with Crippen LogP contribution in [0.5, 0.6) is 0 Å². The number of likely N-dealkylation sites (tertiary alicyclic amines) is 1. The number of piperidine rings is 1. The van der Waals surface area contributed by atoms with E-state index < -0.39 is 17.6 Å². The molecule has 11 heteroatoms. The van der Waals surface area contributed by atoms with Crippen LogP contribution in [0.25, 0.3) is 10.1 Å². The molecule has 37 heavy (non-hydrogen) atoms. The normalized spacial score (nSPS) is 20.2. The Kier molecular flexibility index (Phi) is 6.59. The number of nitrogens with two attached hydrogens (primary N) is 1. The van der Waals surface area contributed by atoms with Crippen LogP contribution in [-0.4, -0.2) is 45.5 Å². The SMILES string of the molecule is NC(=O)c1ccn(C(=O)N2CCC3(CCCCCC3C(=O)c3cc4ccc(C(F)(F)F)cc4s3)CC2)n1. The minimum atomic E-state index is -4.43. The molecule has 1 aromatic carbocycles. The van der Waals surface area contributed by atoms with Gasteiger partial charge in [-0.1, -0.05) is 25.3 Å². The van der Waals surface area contributed by atoms with Crippen molar-refractivity contribution in [3.05, 3.63) is 52.7 Å². The van der Waals surface area contributed by atoms with Gasteiger partial charge in [0, 0.05) is 29.9 Å². The summed E-state index contributed by atoms with van der Waals surface area (Å²) in [6, 6.07) is 6.36. The number of fused-ring (bicyclic) bond motifs is 1. The van der Waals surface area contributed by atoms with Gasteiger partial charge < -0.3 is 10.6 Å². The first-order valence-corrected chi connectivity index (χ1v) is 13.2. The first-order valence-electron chi connectivity index (χ1n) is 12.4. The van der Waals surface area contributed by atoms with E-state index in [9.17, 15) is 27.6 Å². The minimum Gasteiger partial charge on any atom is -0.364 e. The Bertz CT molecular complexity index is 1350. The number of primary amides is 1. The summed E-state index contributed by atoms with van der Waals surface area (Å²) in [5.41, 5.74) is 4.27. The van der Waals surface area contributed by atoms with Crippen molar-refractivity contribution >= 4 is 39.1 Å². The molecule has 5 rings (SSSR count). The average molecular weight is 533 g/mol. The van der Waals surface area contributed by atoms with E-state index in [1.807, 2.05) is 0 Å². The summed E-state index contributed by atoms with van der Waals surface area (Å²) in [4.78, 5) is 40.3. The zero-order valence-corrected chi connectivity index (χ0v) is 20.9. The van der Waals surface area contributed by atoms with Crippen LogP contribution in [0.15, 0.2) is 36.5 Å². The second kappa shape index (κ2) is 9.59. The van der Waals surface area contributed by atoms with Gasteiger partial charge in [0.25, 0.3) is 5.91 Å². The van der Waals surface area contributed by atoms with Gasteiger partial charge in [0.1, 0.15) is 0 Å². The summed E-state index contributed by atoms with van der Waals surface area (Å²) in [5.74, 6) is -0.956. The predicted octanol–water partition coefficient (Wildman–Crippen LogP) is 5.73. The van der Waals surface area contributed by atoms with Gasteiger partial charge >= 0.3 is 12.2 Å². The molecule has 1 saturated carbocycles. The van der Waals surface area contributed by atoms with Crippen molar-refractivity contribution in [1.29, 1.82) is 0 Å². The Morgan fingerprint density at radius 3 is 2.46 bits per heavy atom. The number of thiophene rings is 1. The number of alkyl halides is 3. The molecule has 2 fully saturated rings. The maximum atomic E-state index is 13.8. The number of nitrogens with zero attached hydrogens (tertiary/aromatic N) is 3. The molecular weight excluding hydrogens is 505 g/mol. The molecule has 3 heterocycles. The Morgan fingerprint density at radius 1 is 1.03 bits per heavy atom. The molecule has 0 bridgehead atoms. The van der Waals surface area contributed by atoms with E-state index in [1.54, 1.807) is 11.0 Å². The number of hydrogen-bond donors (Lipinski definition) is 1. The zero-order chi connectivity index (χ0) is 26.4. The van der Waals surface area contributed by atoms with Crippen molar-refractivity contribution in [3.8, 4) is 0 Å². The fourth-order valence-electron chi connectivity index (χ4n) is 5.84. The van der Waals surface area contributed by atoms with Gasteiger partial charge in [0.05, 0.1) is 10.4 Å². The van der Waals surface area contributed by atoms with Crippen molar-refractivity contribution in [2.24, 2.45) is 17.1 Å². The van der Waals surface area contributed by atoms with Crippen molar-refractivity contribution in [2.75, 3.05) is 13.1 Å². The smallest absolute Gasteiger partial charge is 0.364 e. The van der Waals surface area contributed by atoms with Gasteiger partial charge in [-0.3, -0.25) is 9.59 Å². The fraction of sp³-hybridized carbons (Fsp3) is 0.462. The van der Waals surface area contributed by atoms with Gasteiger partial charge in [0.2, 0.25) is 0 Å². The van der Waals surface area contributed by atoms with Gasteiger partial charge in [-0.2, -0.15) is 23.0 Å². The summed E-state index contributed by atoms with van der Waals surface area (Å²) in [5, 5.41) is 4.59. The lowest BCUT2D eigenvalue weighted by Gasteiger charge is -2.45. The Labute approximate surface area is 215 Å². The molecule has 2 N–H and O–H groups in total. The van der Waals surface area contributed by atoms with E-state index in [2.05, 4.69) is 5.10 Å². The number of carbonyl (C=O) groups excluding carboxylic acids is 3. The Hall–Kier alpha value is -3.21. The van der Waals surface area contributed by atoms with E-state index in [4.69, 9.17) is 5.73 Å². The third-order valence-corrected chi connectivity index (χ3v) is 8.99. The zero-order valence-electron chi connectivity index (χ0n) is 20.1. The van der Waals surface area contributed by atoms with Gasteiger partial charge in [-0.15, -0.1) is 11.3 Å². The second-order valence-corrected chi connectivity index (χ2v) is 11.1. The number of amides is 2. The molecule has 1 atom stereocenters. The molecular formula is C26H27F3N4O3S. The molecule has 1 aliphatic carbocycles. The van der Waals surface area contributed by atoms with E-state index in [0.29, 0.717) is 40.9 Å². The average Bonchev–Trinajstić information content (AvgIpc) is 3.48. The van der Waals surface area contributed by atoms with Crippen LogP contribution in [0.1, 0.15) is 70.7 Å². The monoisotopic (exact) mass is 532 g/mol. The lowest BCUT2D eigenvalue weighted by molar-refractivity contribution is -0.137. The van der Waals surface area contributed by atoms with Crippen LogP contribution >= 0.6 is 11.3 Å². The van der Waals surface area contributed by atoms with Crippen LogP contribution in [-0.2, 0) is 6.18 Å². The molecule has 2 aliphatic rings. The molecule has 0 radical (unpaired) electrons. The second-order valence-electron chi connectivity index (χ2n) is 10.0. The minimum absolute atomic E-state index is 0.00499. The van der Waals surface area contributed by atoms with E-state index in [-0.39, 0.29) is 28.8 Å². The van der Waals surface area contributed by atoms with Crippen LogP contribution in [0.2, 0.25) is 0 Å².